The van der Waals surface area contributed by atoms with Gasteiger partial charge in [0.25, 0.3) is 5.88 Å². The van der Waals surface area contributed by atoms with Gasteiger partial charge in [-0.1, -0.05) is 16.8 Å². The number of nitrogens with zero attached hydrogens (tertiary/aromatic N) is 5. The second-order valence-electron chi connectivity index (χ2n) is 7.37. The highest BCUT2D eigenvalue weighted by Crippen LogP contribution is 2.27. The van der Waals surface area contributed by atoms with Crippen molar-refractivity contribution in [2.24, 2.45) is 0 Å². The van der Waals surface area contributed by atoms with Crippen LogP contribution in [-0.2, 0) is 4.74 Å². The highest BCUT2D eigenvalue weighted by Gasteiger charge is 2.25. The van der Waals surface area contributed by atoms with E-state index in [0.29, 0.717) is 0 Å². The first kappa shape index (κ1) is 22.3. The number of ether oxygens (including phenoxy) is 2. The van der Waals surface area contributed by atoms with Crippen LogP contribution in [0.1, 0.15) is 20.8 Å². The fourth-order valence-electron chi connectivity index (χ4n) is 2.37. The van der Waals surface area contributed by atoms with Gasteiger partial charge in [-0.15, -0.1) is 0 Å². The van der Waals surface area contributed by atoms with E-state index in [2.05, 4.69) is 15.5 Å². The van der Waals surface area contributed by atoms with Crippen molar-refractivity contribution in [2.45, 2.75) is 26.4 Å². The third-order valence-electron chi connectivity index (χ3n) is 3.81. The van der Waals surface area contributed by atoms with E-state index >= 15 is 0 Å². The lowest BCUT2D eigenvalue weighted by Crippen LogP contribution is -2.36. The molecule has 0 fully saturated rings. The minimum atomic E-state index is -0.865. The van der Waals surface area contributed by atoms with Crippen molar-refractivity contribution in [3.63, 3.8) is 0 Å². The summed E-state index contributed by atoms with van der Waals surface area (Å²) < 4.78 is 34.7. The summed E-state index contributed by atoms with van der Waals surface area (Å²) in [6.07, 6.45) is -0.520. The number of aromatic nitrogens is 4. The standard InChI is InChI=1S/C18H19ClFN5O6/c1-18(2,3)29-16(26)24(4)7-8-28-15-13(21-31-23-15)14-22-30-17(27)25(14)10-5-6-12(20)11(19)9-10/h5-6,9H,7-8H2,1-4H3. The number of halogens is 2. The van der Waals surface area contributed by atoms with Crippen LogP contribution < -0.4 is 10.5 Å². The van der Waals surface area contributed by atoms with Crippen LogP contribution in [0.3, 0.4) is 0 Å². The van der Waals surface area contributed by atoms with Crippen LogP contribution in [0.25, 0.3) is 17.2 Å². The zero-order valence-electron chi connectivity index (χ0n) is 17.1. The molecule has 0 radical (unpaired) electrons. The van der Waals surface area contributed by atoms with Crippen LogP contribution >= 0.6 is 11.6 Å². The first-order valence-corrected chi connectivity index (χ1v) is 9.38. The Morgan fingerprint density at radius 3 is 2.71 bits per heavy atom. The van der Waals surface area contributed by atoms with Gasteiger partial charge in [0.1, 0.15) is 18.0 Å². The molecule has 3 aromatic rings. The van der Waals surface area contributed by atoms with Gasteiger partial charge in [-0.25, -0.2) is 23.2 Å². The first-order chi connectivity index (χ1) is 14.6. The molecule has 0 saturated heterocycles. The van der Waals surface area contributed by atoms with E-state index in [-0.39, 0.29) is 41.3 Å². The number of benzene rings is 1. The molecule has 0 bridgehead atoms. The molecule has 0 spiro atoms. The molecule has 2 heterocycles. The van der Waals surface area contributed by atoms with E-state index in [1.807, 2.05) is 0 Å². The highest BCUT2D eigenvalue weighted by atomic mass is 35.5. The predicted octanol–water partition coefficient (Wildman–Crippen LogP) is 2.91. The van der Waals surface area contributed by atoms with Gasteiger partial charge in [-0.2, -0.15) is 0 Å². The molecule has 0 atom stereocenters. The smallest absolute Gasteiger partial charge is 0.446 e. The van der Waals surface area contributed by atoms with E-state index in [9.17, 15) is 14.0 Å². The Morgan fingerprint density at radius 2 is 2.03 bits per heavy atom. The summed E-state index contributed by atoms with van der Waals surface area (Å²) in [5.41, 5.74) is -0.479. The fraction of sp³-hybridized carbons (Fsp3) is 0.389. The minimum absolute atomic E-state index is 0.0153. The maximum Gasteiger partial charge on any atom is 0.446 e. The summed E-state index contributed by atoms with van der Waals surface area (Å²) >= 11 is 5.80. The number of carbonyl (C=O) groups excluding carboxylic acids is 1. The fourth-order valence-corrected chi connectivity index (χ4v) is 2.55. The van der Waals surface area contributed by atoms with E-state index in [0.717, 1.165) is 10.6 Å². The molecular weight excluding hydrogens is 437 g/mol. The van der Waals surface area contributed by atoms with Gasteiger partial charge >= 0.3 is 11.8 Å². The Bertz CT molecular complexity index is 1140. The second kappa shape index (κ2) is 8.76. The minimum Gasteiger partial charge on any atom is -0.472 e. The van der Waals surface area contributed by atoms with Crippen LogP contribution in [0, 0.1) is 5.82 Å². The molecule has 2 aromatic heterocycles. The van der Waals surface area contributed by atoms with Gasteiger partial charge in [0, 0.05) is 7.05 Å². The molecule has 3 rings (SSSR count). The van der Waals surface area contributed by atoms with Gasteiger partial charge in [0.2, 0.25) is 11.5 Å². The van der Waals surface area contributed by atoms with Crippen molar-refractivity contribution in [3.05, 3.63) is 39.6 Å². The zero-order valence-corrected chi connectivity index (χ0v) is 17.8. The topological polar surface area (TPSA) is 126 Å². The molecule has 0 aliphatic heterocycles. The van der Waals surface area contributed by atoms with Crippen molar-refractivity contribution in [1.82, 2.24) is 24.9 Å². The van der Waals surface area contributed by atoms with E-state index < -0.39 is 23.3 Å². The molecule has 1 amide bonds. The Hall–Kier alpha value is -3.41. The third-order valence-corrected chi connectivity index (χ3v) is 4.10. The quantitative estimate of drug-likeness (QED) is 0.551. The van der Waals surface area contributed by atoms with E-state index in [4.69, 9.17) is 30.2 Å². The van der Waals surface area contributed by atoms with Crippen molar-refractivity contribution in [3.8, 4) is 23.1 Å². The highest BCUT2D eigenvalue weighted by molar-refractivity contribution is 6.30. The lowest BCUT2D eigenvalue weighted by atomic mass is 10.2. The number of carbonyl (C=O) groups is 1. The van der Waals surface area contributed by atoms with Crippen molar-refractivity contribution in [1.29, 1.82) is 0 Å². The molecular formula is C18H19ClFN5O6. The van der Waals surface area contributed by atoms with Crippen molar-refractivity contribution in [2.75, 3.05) is 20.2 Å². The Labute approximate surface area is 180 Å². The SMILES string of the molecule is CN(CCOc1nonc1-c1noc(=O)n1-c1ccc(F)c(Cl)c1)C(=O)OC(C)(C)C. The van der Waals surface area contributed by atoms with Crippen LogP contribution in [0.2, 0.25) is 5.02 Å². The molecule has 0 aliphatic rings. The monoisotopic (exact) mass is 455 g/mol. The molecule has 31 heavy (non-hydrogen) atoms. The third kappa shape index (κ3) is 5.20. The van der Waals surface area contributed by atoms with Crippen LogP contribution in [0.4, 0.5) is 9.18 Å². The van der Waals surface area contributed by atoms with Crippen LogP contribution in [0.15, 0.2) is 32.1 Å². The molecule has 0 unspecified atom stereocenters. The normalized spacial score (nSPS) is 11.4. The zero-order chi connectivity index (χ0) is 22.8. The van der Waals surface area contributed by atoms with Gasteiger partial charge in [0.15, 0.2) is 0 Å². The number of rotatable bonds is 6. The molecule has 0 saturated carbocycles. The molecule has 166 valence electrons. The predicted molar refractivity (Wildman–Crippen MR) is 105 cm³/mol. The number of hydrogen-bond acceptors (Lipinski definition) is 9. The summed E-state index contributed by atoms with van der Waals surface area (Å²) in [5, 5.41) is 10.8. The number of likely N-dealkylation sites (N-methyl/N-ethyl adjacent to an activating group) is 1. The van der Waals surface area contributed by atoms with Crippen LogP contribution in [-0.4, -0.2) is 56.8 Å². The Kier molecular flexibility index (Phi) is 6.29. The first-order valence-electron chi connectivity index (χ1n) is 9.01. The van der Waals surface area contributed by atoms with Crippen molar-refractivity contribution < 1.29 is 27.8 Å². The Balaban J connectivity index is 1.76. The lowest BCUT2D eigenvalue weighted by molar-refractivity contribution is 0.0276. The average Bonchev–Trinajstić information content (AvgIpc) is 3.28. The largest absolute Gasteiger partial charge is 0.472 e. The summed E-state index contributed by atoms with van der Waals surface area (Å²) in [4.78, 5) is 25.5. The maximum atomic E-state index is 13.5. The summed E-state index contributed by atoms with van der Waals surface area (Å²) in [7, 11) is 1.55. The molecule has 0 N–H and O–H groups in total. The summed E-state index contributed by atoms with van der Waals surface area (Å²) in [6, 6.07) is 3.63. The number of amides is 1. The van der Waals surface area contributed by atoms with Crippen LogP contribution in [0.5, 0.6) is 5.88 Å². The van der Waals surface area contributed by atoms with Crippen molar-refractivity contribution >= 4 is 17.7 Å². The molecule has 11 nitrogen and oxygen atoms in total. The summed E-state index contributed by atoms with van der Waals surface area (Å²) in [5.74, 6) is -1.70. The van der Waals surface area contributed by atoms with E-state index in [1.165, 1.54) is 17.0 Å². The van der Waals surface area contributed by atoms with E-state index in [1.54, 1.807) is 27.8 Å². The van der Waals surface area contributed by atoms with Gasteiger partial charge < -0.3 is 14.4 Å². The maximum absolute atomic E-state index is 13.5. The van der Waals surface area contributed by atoms with Gasteiger partial charge in [-0.3, -0.25) is 4.52 Å². The second-order valence-corrected chi connectivity index (χ2v) is 7.78. The Morgan fingerprint density at radius 1 is 1.29 bits per heavy atom. The van der Waals surface area contributed by atoms with Gasteiger partial charge in [-0.05, 0) is 49.3 Å². The molecule has 0 aliphatic carbocycles. The molecule has 13 heteroatoms. The lowest BCUT2D eigenvalue weighted by Gasteiger charge is -2.24. The summed E-state index contributed by atoms with van der Waals surface area (Å²) in [6.45, 7) is 5.46. The number of hydrogen-bond donors (Lipinski definition) is 0. The average molecular weight is 456 g/mol. The van der Waals surface area contributed by atoms with Gasteiger partial charge in [0.05, 0.1) is 17.3 Å². The molecule has 1 aromatic carbocycles.